The summed E-state index contributed by atoms with van der Waals surface area (Å²) < 4.78 is 0. The third-order valence-electron chi connectivity index (χ3n) is 2.80. The van der Waals surface area contributed by atoms with E-state index < -0.39 is 0 Å². The maximum Gasteiger partial charge on any atom is 0.238 e. The number of anilines is 1. The minimum absolute atomic E-state index is 0.0840. The van der Waals surface area contributed by atoms with Crippen molar-refractivity contribution >= 4 is 23.2 Å². The van der Waals surface area contributed by atoms with E-state index in [1.807, 2.05) is 25.1 Å². The van der Waals surface area contributed by atoms with Crippen molar-refractivity contribution in [1.29, 1.82) is 0 Å². The van der Waals surface area contributed by atoms with Crippen LogP contribution in [0, 0.1) is 6.92 Å². The van der Waals surface area contributed by atoms with Crippen molar-refractivity contribution in [1.82, 2.24) is 10.3 Å². The van der Waals surface area contributed by atoms with E-state index in [0.29, 0.717) is 11.6 Å². The Hall–Kier alpha value is -1.91. The number of amides is 1. The van der Waals surface area contributed by atoms with Gasteiger partial charge < -0.3 is 10.6 Å². The Morgan fingerprint density at radius 2 is 2.20 bits per heavy atom. The molecule has 1 amide bonds. The van der Waals surface area contributed by atoms with Crippen molar-refractivity contribution in [3.63, 3.8) is 0 Å². The first-order valence-electron chi connectivity index (χ1n) is 6.31. The van der Waals surface area contributed by atoms with Gasteiger partial charge in [-0.1, -0.05) is 17.7 Å². The molecule has 0 atom stereocenters. The normalized spacial score (nSPS) is 10.3. The quantitative estimate of drug-likeness (QED) is 0.890. The van der Waals surface area contributed by atoms with E-state index in [1.165, 1.54) is 0 Å². The average Bonchev–Trinajstić information content (AvgIpc) is 2.43. The summed E-state index contributed by atoms with van der Waals surface area (Å²) in [5.74, 6) is -0.0840. The Morgan fingerprint density at radius 1 is 1.35 bits per heavy atom. The zero-order valence-corrected chi connectivity index (χ0v) is 11.9. The van der Waals surface area contributed by atoms with Gasteiger partial charge in [-0.05, 0) is 42.3 Å². The third-order valence-corrected chi connectivity index (χ3v) is 3.04. The summed E-state index contributed by atoms with van der Waals surface area (Å²) in [4.78, 5) is 15.8. The predicted octanol–water partition coefficient (Wildman–Crippen LogP) is 2.77. The van der Waals surface area contributed by atoms with Crippen LogP contribution in [0.2, 0.25) is 5.02 Å². The molecule has 4 nitrogen and oxygen atoms in total. The molecule has 2 N–H and O–H groups in total. The number of benzene rings is 1. The van der Waals surface area contributed by atoms with E-state index in [4.69, 9.17) is 11.6 Å². The highest BCUT2D eigenvalue weighted by molar-refractivity contribution is 6.30. The number of pyridine rings is 1. The number of carbonyl (C=O) groups excluding carboxylic acids is 1. The Bertz CT molecular complexity index is 587. The van der Waals surface area contributed by atoms with Crippen LogP contribution in [0.15, 0.2) is 42.7 Å². The summed E-state index contributed by atoms with van der Waals surface area (Å²) in [6.45, 7) is 2.77. The molecule has 0 fully saturated rings. The molecule has 0 bridgehead atoms. The summed E-state index contributed by atoms with van der Waals surface area (Å²) in [5.41, 5.74) is 2.77. The average molecular weight is 290 g/mol. The molecule has 0 aliphatic carbocycles. The summed E-state index contributed by atoms with van der Waals surface area (Å²) in [6.07, 6.45) is 3.49. The summed E-state index contributed by atoms with van der Waals surface area (Å²) >= 11 is 5.87. The lowest BCUT2D eigenvalue weighted by atomic mass is 10.2. The molecule has 0 aliphatic rings. The molecule has 104 valence electrons. The van der Waals surface area contributed by atoms with Crippen LogP contribution in [0.4, 0.5) is 5.69 Å². The number of rotatable bonds is 5. The molecular weight excluding hydrogens is 274 g/mol. The highest BCUT2D eigenvalue weighted by atomic mass is 35.5. The molecule has 2 rings (SSSR count). The van der Waals surface area contributed by atoms with Crippen molar-refractivity contribution in [2.24, 2.45) is 0 Å². The van der Waals surface area contributed by atoms with E-state index in [1.54, 1.807) is 24.5 Å². The monoisotopic (exact) mass is 289 g/mol. The number of carbonyl (C=O) groups is 1. The number of hydrogen-bond acceptors (Lipinski definition) is 3. The number of nitrogens with zero attached hydrogens (tertiary/aromatic N) is 1. The minimum atomic E-state index is -0.0840. The van der Waals surface area contributed by atoms with Crippen LogP contribution in [-0.4, -0.2) is 17.4 Å². The number of aromatic nitrogens is 1. The van der Waals surface area contributed by atoms with E-state index in [9.17, 15) is 4.79 Å². The molecule has 0 radical (unpaired) electrons. The van der Waals surface area contributed by atoms with Gasteiger partial charge in [-0.25, -0.2) is 0 Å². The van der Waals surface area contributed by atoms with Crippen LogP contribution in [0.25, 0.3) is 0 Å². The molecule has 1 heterocycles. The molecule has 1 aromatic heterocycles. The summed E-state index contributed by atoms with van der Waals surface area (Å²) in [7, 11) is 0. The second kappa shape index (κ2) is 7.03. The zero-order valence-electron chi connectivity index (χ0n) is 11.2. The van der Waals surface area contributed by atoms with Crippen LogP contribution < -0.4 is 10.6 Å². The first-order chi connectivity index (χ1) is 9.65. The largest absolute Gasteiger partial charge is 0.325 e. The second-order valence-corrected chi connectivity index (χ2v) is 4.91. The van der Waals surface area contributed by atoms with Crippen LogP contribution in [0.1, 0.15) is 11.1 Å². The molecule has 5 heteroatoms. The van der Waals surface area contributed by atoms with Gasteiger partial charge in [0.25, 0.3) is 0 Å². The summed E-state index contributed by atoms with van der Waals surface area (Å²) in [6, 6.07) is 9.21. The number of aryl methyl sites for hydroxylation is 1. The Labute approximate surface area is 123 Å². The van der Waals surface area contributed by atoms with Gasteiger partial charge in [-0.3, -0.25) is 9.78 Å². The molecule has 0 saturated heterocycles. The topological polar surface area (TPSA) is 54.0 Å². The van der Waals surface area contributed by atoms with E-state index in [0.717, 1.165) is 16.8 Å². The molecule has 2 aromatic rings. The minimum Gasteiger partial charge on any atom is -0.325 e. The molecule has 1 aromatic carbocycles. The van der Waals surface area contributed by atoms with Crippen LogP contribution >= 0.6 is 11.6 Å². The lowest BCUT2D eigenvalue weighted by Crippen LogP contribution is -2.28. The molecule has 0 unspecified atom stereocenters. The first-order valence-corrected chi connectivity index (χ1v) is 6.68. The maximum absolute atomic E-state index is 11.8. The Kier molecular flexibility index (Phi) is 5.09. The highest BCUT2D eigenvalue weighted by Gasteiger charge is 2.04. The van der Waals surface area contributed by atoms with Gasteiger partial charge in [0.2, 0.25) is 5.91 Å². The van der Waals surface area contributed by atoms with Crippen molar-refractivity contribution < 1.29 is 4.79 Å². The van der Waals surface area contributed by atoms with E-state index in [-0.39, 0.29) is 12.5 Å². The fourth-order valence-corrected chi connectivity index (χ4v) is 2.01. The first kappa shape index (κ1) is 14.5. The van der Waals surface area contributed by atoms with Crippen LogP contribution in [-0.2, 0) is 11.3 Å². The van der Waals surface area contributed by atoms with Crippen molar-refractivity contribution in [2.75, 3.05) is 11.9 Å². The second-order valence-electron chi connectivity index (χ2n) is 4.47. The molecule has 0 aliphatic heterocycles. The van der Waals surface area contributed by atoms with Crippen LogP contribution in [0.3, 0.4) is 0 Å². The van der Waals surface area contributed by atoms with Gasteiger partial charge in [0.05, 0.1) is 6.54 Å². The van der Waals surface area contributed by atoms with Gasteiger partial charge >= 0.3 is 0 Å². The zero-order chi connectivity index (χ0) is 14.4. The van der Waals surface area contributed by atoms with Gasteiger partial charge in [0, 0.05) is 29.6 Å². The maximum atomic E-state index is 11.8. The SMILES string of the molecule is Cc1cc(Cl)ccc1NC(=O)CNCc1cccnc1. The van der Waals surface area contributed by atoms with Gasteiger partial charge in [-0.15, -0.1) is 0 Å². The van der Waals surface area contributed by atoms with Crippen molar-refractivity contribution in [3.8, 4) is 0 Å². The molecular formula is C15H16ClN3O. The number of hydrogen-bond donors (Lipinski definition) is 2. The molecule has 20 heavy (non-hydrogen) atoms. The lowest BCUT2D eigenvalue weighted by Gasteiger charge is -2.09. The van der Waals surface area contributed by atoms with Gasteiger partial charge in [0.15, 0.2) is 0 Å². The van der Waals surface area contributed by atoms with Gasteiger partial charge in [-0.2, -0.15) is 0 Å². The molecule has 0 saturated carbocycles. The van der Waals surface area contributed by atoms with Crippen molar-refractivity contribution in [2.45, 2.75) is 13.5 Å². The number of nitrogens with one attached hydrogen (secondary N) is 2. The van der Waals surface area contributed by atoms with E-state index in [2.05, 4.69) is 15.6 Å². The molecule has 0 spiro atoms. The lowest BCUT2D eigenvalue weighted by molar-refractivity contribution is -0.115. The fraction of sp³-hybridized carbons (Fsp3) is 0.200. The van der Waals surface area contributed by atoms with Crippen LogP contribution in [0.5, 0.6) is 0 Å². The summed E-state index contributed by atoms with van der Waals surface area (Å²) in [5, 5.41) is 6.58. The fourth-order valence-electron chi connectivity index (χ4n) is 1.78. The van der Waals surface area contributed by atoms with Gasteiger partial charge in [0.1, 0.15) is 0 Å². The smallest absolute Gasteiger partial charge is 0.238 e. The third kappa shape index (κ3) is 4.33. The highest BCUT2D eigenvalue weighted by Crippen LogP contribution is 2.19. The standard InChI is InChI=1S/C15H16ClN3O/c1-11-7-13(16)4-5-14(11)19-15(20)10-18-9-12-3-2-6-17-8-12/h2-8,18H,9-10H2,1H3,(H,19,20). The number of halogens is 1. The van der Waals surface area contributed by atoms with Crippen molar-refractivity contribution in [3.05, 3.63) is 58.9 Å². The predicted molar refractivity (Wildman–Crippen MR) is 80.8 cm³/mol. The Morgan fingerprint density at radius 3 is 2.90 bits per heavy atom. The van der Waals surface area contributed by atoms with E-state index >= 15 is 0 Å². The Balaban J connectivity index is 1.81.